The summed E-state index contributed by atoms with van der Waals surface area (Å²) in [5.41, 5.74) is 2.66. The molecular weight excluding hydrogens is 621 g/mol. The van der Waals surface area contributed by atoms with E-state index in [1.54, 1.807) is 12.0 Å². The Morgan fingerprint density at radius 3 is 2.53 bits per heavy atom. The monoisotopic (exact) mass is 637 g/mol. The van der Waals surface area contributed by atoms with Crippen LogP contribution in [0.15, 0.2) is 76.1 Å². The van der Waals surface area contributed by atoms with E-state index >= 15 is 0 Å². The zero-order chi connectivity index (χ0) is 22.7. The first-order valence-corrected chi connectivity index (χ1v) is 12.6. The predicted octanol–water partition coefficient (Wildman–Crippen LogP) is 7.05. The summed E-state index contributed by atoms with van der Waals surface area (Å²) in [5, 5.41) is 0. The molecule has 4 nitrogen and oxygen atoms in total. The average molecular weight is 638 g/mol. The Bertz CT molecular complexity index is 1200. The Morgan fingerprint density at radius 2 is 1.84 bits per heavy atom. The van der Waals surface area contributed by atoms with Gasteiger partial charge in [0.25, 0.3) is 5.91 Å². The molecule has 4 rings (SSSR count). The first-order chi connectivity index (χ1) is 15.5. The normalized spacial score (nSPS) is 14.8. The molecule has 8 heteroatoms. The van der Waals surface area contributed by atoms with Gasteiger partial charge in [-0.05, 0) is 76.2 Å². The number of thioether (sulfide) groups is 1. The van der Waals surface area contributed by atoms with Gasteiger partial charge in [0.05, 0.1) is 21.3 Å². The quantitative estimate of drug-likeness (QED) is 0.165. The Morgan fingerprint density at radius 1 is 1.12 bits per heavy atom. The van der Waals surface area contributed by atoms with E-state index in [0.717, 1.165) is 24.9 Å². The summed E-state index contributed by atoms with van der Waals surface area (Å²) in [6, 6.07) is 21.2. The SMILES string of the molecule is COc1cc(/C=C2/SC(=S)N(c3ccccc3)C2=O)cc(I)c1OCc1ccc(Br)cc1. The number of nitrogens with zero attached hydrogens (tertiary/aromatic N) is 1. The number of para-hydroxylation sites is 1. The first kappa shape index (κ1) is 23.3. The minimum atomic E-state index is -0.129. The molecule has 32 heavy (non-hydrogen) atoms. The van der Waals surface area contributed by atoms with Gasteiger partial charge in [0.2, 0.25) is 0 Å². The van der Waals surface area contributed by atoms with E-state index in [4.69, 9.17) is 21.7 Å². The highest BCUT2D eigenvalue weighted by atomic mass is 127. The minimum absolute atomic E-state index is 0.129. The van der Waals surface area contributed by atoms with Gasteiger partial charge in [-0.2, -0.15) is 0 Å². The molecule has 1 saturated heterocycles. The van der Waals surface area contributed by atoms with E-state index in [1.807, 2.05) is 72.8 Å². The molecule has 0 spiro atoms. The van der Waals surface area contributed by atoms with Crippen LogP contribution in [0.2, 0.25) is 0 Å². The van der Waals surface area contributed by atoms with Crippen LogP contribution in [0.3, 0.4) is 0 Å². The van der Waals surface area contributed by atoms with Crippen LogP contribution in [-0.4, -0.2) is 17.3 Å². The highest BCUT2D eigenvalue weighted by Crippen LogP contribution is 2.39. The second-order valence-corrected chi connectivity index (χ2v) is 10.6. The maximum absolute atomic E-state index is 13.0. The summed E-state index contributed by atoms with van der Waals surface area (Å²) in [7, 11) is 1.61. The molecule has 3 aromatic rings. The van der Waals surface area contributed by atoms with Gasteiger partial charge in [-0.25, -0.2) is 0 Å². The third-order valence-electron chi connectivity index (χ3n) is 4.65. The van der Waals surface area contributed by atoms with Crippen LogP contribution in [0.5, 0.6) is 11.5 Å². The number of carbonyl (C=O) groups excluding carboxylic acids is 1. The number of rotatable bonds is 6. The molecule has 0 unspecified atom stereocenters. The van der Waals surface area contributed by atoms with Gasteiger partial charge in [0, 0.05) is 4.47 Å². The van der Waals surface area contributed by atoms with Crippen molar-refractivity contribution >= 4 is 84.5 Å². The molecule has 162 valence electrons. The number of hydrogen-bond donors (Lipinski definition) is 0. The van der Waals surface area contributed by atoms with Crippen LogP contribution < -0.4 is 14.4 Å². The fourth-order valence-electron chi connectivity index (χ4n) is 3.12. The highest BCUT2D eigenvalue weighted by Gasteiger charge is 2.33. The Labute approximate surface area is 218 Å². The Hall–Kier alpha value is -1.88. The maximum atomic E-state index is 13.0. The largest absolute Gasteiger partial charge is 0.493 e. The number of amides is 1. The third-order valence-corrected chi connectivity index (χ3v) is 7.29. The van der Waals surface area contributed by atoms with Crippen LogP contribution in [0.1, 0.15) is 11.1 Å². The molecule has 1 fully saturated rings. The van der Waals surface area contributed by atoms with Crippen molar-refractivity contribution < 1.29 is 14.3 Å². The van der Waals surface area contributed by atoms with E-state index in [9.17, 15) is 4.79 Å². The number of ether oxygens (including phenoxy) is 2. The zero-order valence-electron chi connectivity index (χ0n) is 16.9. The van der Waals surface area contributed by atoms with E-state index in [2.05, 4.69) is 38.5 Å². The lowest BCUT2D eigenvalue weighted by Gasteiger charge is -2.14. The van der Waals surface area contributed by atoms with Gasteiger partial charge in [0.15, 0.2) is 15.8 Å². The number of carbonyl (C=O) groups is 1. The maximum Gasteiger partial charge on any atom is 0.270 e. The van der Waals surface area contributed by atoms with Crippen molar-refractivity contribution in [2.75, 3.05) is 12.0 Å². The predicted molar refractivity (Wildman–Crippen MR) is 146 cm³/mol. The van der Waals surface area contributed by atoms with Gasteiger partial charge >= 0.3 is 0 Å². The van der Waals surface area contributed by atoms with Crippen molar-refractivity contribution in [1.29, 1.82) is 0 Å². The van der Waals surface area contributed by atoms with Crippen LogP contribution >= 0.6 is 62.5 Å². The third kappa shape index (κ3) is 5.19. The molecule has 0 aromatic heterocycles. The molecule has 0 atom stereocenters. The van der Waals surface area contributed by atoms with Gasteiger partial charge in [-0.15, -0.1) is 0 Å². The Kier molecular flexibility index (Phi) is 7.55. The molecule has 3 aromatic carbocycles. The number of methoxy groups -OCH3 is 1. The summed E-state index contributed by atoms with van der Waals surface area (Å²) in [5.74, 6) is 1.15. The van der Waals surface area contributed by atoms with Crippen LogP contribution in [0.25, 0.3) is 6.08 Å². The smallest absolute Gasteiger partial charge is 0.270 e. The lowest BCUT2D eigenvalue weighted by molar-refractivity contribution is -0.113. The van der Waals surface area contributed by atoms with Gasteiger partial charge in [0.1, 0.15) is 6.61 Å². The van der Waals surface area contributed by atoms with Crippen LogP contribution in [0.4, 0.5) is 5.69 Å². The zero-order valence-corrected chi connectivity index (χ0v) is 22.3. The van der Waals surface area contributed by atoms with Crippen molar-refractivity contribution in [2.45, 2.75) is 6.61 Å². The summed E-state index contributed by atoms with van der Waals surface area (Å²) >= 11 is 12.4. The number of hydrogen-bond acceptors (Lipinski definition) is 5. The number of thiocarbonyl (C=S) groups is 1. The summed E-state index contributed by atoms with van der Waals surface area (Å²) in [6.07, 6.45) is 1.84. The lowest BCUT2D eigenvalue weighted by atomic mass is 10.1. The van der Waals surface area contributed by atoms with Crippen LogP contribution in [-0.2, 0) is 11.4 Å². The number of benzene rings is 3. The number of anilines is 1. The molecule has 0 aliphatic carbocycles. The second-order valence-electron chi connectivity index (χ2n) is 6.80. The molecule has 0 radical (unpaired) electrons. The number of halogens is 2. The van der Waals surface area contributed by atoms with Crippen LogP contribution in [0, 0.1) is 3.57 Å². The molecule has 1 aliphatic rings. The minimum Gasteiger partial charge on any atom is -0.493 e. The molecule has 1 heterocycles. The Balaban J connectivity index is 1.57. The van der Waals surface area contributed by atoms with E-state index < -0.39 is 0 Å². The van der Waals surface area contributed by atoms with Crippen molar-refractivity contribution in [2.24, 2.45) is 0 Å². The fourth-order valence-corrected chi connectivity index (χ4v) is 5.46. The van der Waals surface area contributed by atoms with E-state index in [-0.39, 0.29) is 5.91 Å². The summed E-state index contributed by atoms with van der Waals surface area (Å²) in [4.78, 5) is 15.1. The standard InChI is InChI=1S/C24H17BrINO3S2/c1-29-20-12-16(11-19(26)22(20)30-14-15-7-9-17(25)10-8-15)13-21-23(28)27(24(31)32-21)18-5-3-2-4-6-18/h2-13H,14H2,1H3/b21-13+. The topological polar surface area (TPSA) is 38.8 Å². The average Bonchev–Trinajstić information content (AvgIpc) is 3.07. The molecule has 0 bridgehead atoms. The highest BCUT2D eigenvalue weighted by molar-refractivity contribution is 14.1. The van der Waals surface area contributed by atoms with Crippen molar-refractivity contribution in [3.63, 3.8) is 0 Å². The first-order valence-electron chi connectivity index (χ1n) is 9.54. The van der Waals surface area contributed by atoms with Crippen molar-refractivity contribution in [3.05, 3.63) is 90.8 Å². The van der Waals surface area contributed by atoms with Crippen molar-refractivity contribution in [1.82, 2.24) is 0 Å². The molecule has 0 N–H and O–H groups in total. The molecular formula is C24H17BrINO3S2. The fraction of sp³-hybridized carbons (Fsp3) is 0.0833. The molecule has 1 amide bonds. The van der Waals surface area contributed by atoms with E-state index in [0.29, 0.717) is 27.3 Å². The molecule has 1 aliphatic heterocycles. The van der Waals surface area contributed by atoms with Gasteiger partial charge in [-0.3, -0.25) is 9.69 Å². The molecule has 0 saturated carbocycles. The van der Waals surface area contributed by atoms with E-state index in [1.165, 1.54) is 11.8 Å². The summed E-state index contributed by atoms with van der Waals surface area (Å²) in [6.45, 7) is 0.425. The lowest BCUT2D eigenvalue weighted by Crippen LogP contribution is -2.27. The second kappa shape index (κ2) is 10.4. The summed E-state index contributed by atoms with van der Waals surface area (Å²) < 4.78 is 14.1. The van der Waals surface area contributed by atoms with Gasteiger partial charge in [-0.1, -0.05) is 70.2 Å². The van der Waals surface area contributed by atoms with Crippen molar-refractivity contribution in [3.8, 4) is 11.5 Å². The van der Waals surface area contributed by atoms with Gasteiger partial charge < -0.3 is 9.47 Å².